The zero-order valence-electron chi connectivity index (χ0n) is 9.93. The number of aryl methyl sites for hydroxylation is 1. The van der Waals surface area contributed by atoms with Crippen molar-refractivity contribution in [1.82, 2.24) is 14.7 Å². The Labute approximate surface area is 99.8 Å². The Morgan fingerprint density at radius 3 is 2.76 bits per heavy atom. The molecule has 1 saturated heterocycles. The van der Waals surface area contributed by atoms with Crippen LogP contribution in [0.3, 0.4) is 0 Å². The Balaban J connectivity index is 1.90. The van der Waals surface area contributed by atoms with Gasteiger partial charge in [0.15, 0.2) is 0 Å². The smallest absolute Gasteiger partial charge is 0.339 e. The largest absolute Gasteiger partial charge is 0.478 e. The van der Waals surface area contributed by atoms with Crippen molar-refractivity contribution >= 4 is 5.97 Å². The van der Waals surface area contributed by atoms with Gasteiger partial charge < -0.3 is 9.84 Å². The van der Waals surface area contributed by atoms with Crippen LogP contribution in [0.1, 0.15) is 16.1 Å². The molecule has 1 aromatic rings. The highest BCUT2D eigenvalue weighted by molar-refractivity contribution is 5.88. The van der Waals surface area contributed by atoms with Crippen LogP contribution in [-0.4, -0.2) is 58.6 Å². The quantitative estimate of drug-likeness (QED) is 0.814. The molecule has 0 atom stereocenters. The molecule has 0 aromatic carbocycles. The fourth-order valence-electron chi connectivity index (χ4n) is 1.91. The van der Waals surface area contributed by atoms with E-state index in [4.69, 9.17) is 9.84 Å². The predicted octanol–water partition coefficient (Wildman–Crippen LogP) is 0.222. The Kier molecular flexibility index (Phi) is 3.75. The third-order valence-electron chi connectivity index (χ3n) is 2.93. The number of hydrogen-bond acceptors (Lipinski definition) is 4. The zero-order valence-corrected chi connectivity index (χ0v) is 9.93. The Hall–Kier alpha value is -1.40. The number of ether oxygens (including phenoxy) is 1. The molecule has 6 nitrogen and oxygen atoms in total. The van der Waals surface area contributed by atoms with Gasteiger partial charge in [-0.1, -0.05) is 0 Å². The van der Waals surface area contributed by atoms with Gasteiger partial charge in [-0.2, -0.15) is 5.10 Å². The monoisotopic (exact) mass is 239 g/mol. The lowest BCUT2D eigenvalue weighted by Crippen LogP contribution is -2.38. The van der Waals surface area contributed by atoms with Gasteiger partial charge in [-0.05, 0) is 6.92 Å². The van der Waals surface area contributed by atoms with Crippen molar-refractivity contribution in [3.63, 3.8) is 0 Å². The SMILES string of the molecule is Cc1nn(CCN2CCOCC2)cc1C(=O)O. The summed E-state index contributed by atoms with van der Waals surface area (Å²) in [5.74, 6) is -0.917. The molecule has 0 radical (unpaired) electrons. The van der Waals surface area contributed by atoms with E-state index >= 15 is 0 Å². The standard InChI is InChI=1S/C11H17N3O3/c1-9-10(11(15)16)8-14(12-9)3-2-13-4-6-17-7-5-13/h8H,2-7H2,1H3,(H,15,16). The van der Waals surface area contributed by atoms with Crippen molar-refractivity contribution in [2.75, 3.05) is 32.8 Å². The summed E-state index contributed by atoms with van der Waals surface area (Å²) in [5, 5.41) is 13.1. The Morgan fingerprint density at radius 2 is 2.18 bits per heavy atom. The Bertz CT molecular complexity index is 397. The van der Waals surface area contributed by atoms with Gasteiger partial charge >= 0.3 is 5.97 Å². The average Bonchev–Trinajstić information content (AvgIpc) is 2.69. The molecule has 2 rings (SSSR count). The van der Waals surface area contributed by atoms with Gasteiger partial charge in [-0.15, -0.1) is 0 Å². The lowest BCUT2D eigenvalue weighted by molar-refractivity contribution is 0.0359. The second-order valence-corrected chi connectivity index (χ2v) is 4.15. The number of aromatic nitrogens is 2. The van der Waals surface area contributed by atoms with Gasteiger partial charge in [-0.25, -0.2) is 4.79 Å². The Morgan fingerprint density at radius 1 is 1.47 bits per heavy atom. The van der Waals surface area contributed by atoms with Gasteiger partial charge in [0.05, 0.1) is 25.5 Å². The lowest BCUT2D eigenvalue weighted by atomic mass is 10.3. The average molecular weight is 239 g/mol. The van der Waals surface area contributed by atoms with Gasteiger partial charge in [0.2, 0.25) is 0 Å². The van der Waals surface area contributed by atoms with Crippen molar-refractivity contribution in [3.8, 4) is 0 Å². The number of carboxylic acids is 1. The van der Waals surface area contributed by atoms with Crippen LogP contribution in [0.5, 0.6) is 0 Å². The third kappa shape index (κ3) is 3.04. The molecule has 17 heavy (non-hydrogen) atoms. The van der Waals surface area contributed by atoms with Crippen LogP contribution in [0, 0.1) is 6.92 Å². The van der Waals surface area contributed by atoms with E-state index in [0.29, 0.717) is 12.2 Å². The minimum atomic E-state index is -0.917. The van der Waals surface area contributed by atoms with Gasteiger partial charge in [0, 0.05) is 25.8 Å². The highest BCUT2D eigenvalue weighted by Crippen LogP contribution is 2.06. The highest BCUT2D eigenvalue weighted by atomic mass is 16.5. The van der Waals surface area contributed by atoms with Gasteiger partial charge in [0.25, 0.3) is 0 Å². The second-order valence-electron chi connectivity index (χ2n) is 4.15. The summed E-state index contributed by atoms with van der Waals surface area (Å²) in [6.07, 6.45) is 1.60. The fourth-order valence-corrected chi connectivity index (χ4v) is 1.91. The maximum atomic E-state index is 10.9. The first-order chi connectivity index (χ1) is 8.16. The van der Waals surface area contributed by atoms with Gasteiger partial charge in [-0.3, -0.25) is 9.58 Å². The topological polar surface area (TPSA) is 67.6 Å². The summed E-state index contributed by atoms with van der Waals surface area (Å²) in [6.45, 7) is 6.74. The molecule has 1 N–H and O–H groups in total. The molecular formula is C11H17N3O3. The molecule has 0 aliphatic carbocycles. The van der Waals surface area contributed by atoms with Crippen LogP contribution in [0.2, 0.25) is 0 Å². The summed E-state index contributed by atoms with van der Waals surface area (Å²) in [5.41, 5.74) is 0.853. The first kappa shape index (κ1) is 12.1. The van der Waals surface area contributed by atoms with Crippen LogP contribution in [-0.2, 0) is 11.3 Å². The molecule has 94 valence electrons. The zero-order chi connectivity index (χ0) is 12.3. The fraction of sp³-hybridized carbons (Fsp3) is 0.636. The summed E-state index contributed by atoms with van der Waals surface area (Å²) in [7, 11) is 0. The van der Waals surface area contributed by atoms with Crippen molar-refractivity contribution < 1.29 is 14.6 Å². The van der Waals surface area contributed by atoms with Crippen molar-refractivity contribution in [2.45, 2.75) is 13.5 Å². The van der Waals surface area contributed by atoms with E-state index in [2.05, 4.69) is 10.00 Å². The predicted molar refractivity (Wildman–Crippen MR) is 61.2 cm³/mol. The first-order valence-electron chi connectivity index (χ1n) is 5.74. The minimum Gasteiger partial charge on any atom is -0.478 e. The minimum absolute atomic E-state index is 0.284. The van der Waals surface area contributed by atoms with E-state index in [1.807, 2.05) is 0 Å². The molecule has 0 saturated carbocycles. The van der Waals surface area contributed by atoms with E-state index in [1.165, 1.54) is 0 Å². The number of carboxylic acid groups (broad SMARTS) is 1. The lowest BCUT2D eigenvalue weighted by Gasteiger charge is -2.26. The maximum Gasteiger partial charge on any atom is 0.339 e. The maximum absolute atomic E-state index is 10.9. The molecule has 1 aliphatic rings. The van der Waals surface area contributed by atoms with Crippen molar-refractivity contribution in [3.05, 3.63) is 17.5 Å². The number of carbonyl (C=O) groups is 1. The van der Waals surface area contributed by atoms with Crippen LogP contribution < -0.4 is 0 Å². The molecule has 0 bridgehead atoms. The molecule has 0 amide bonds. The summed E-state index contributed by atoms with van der Waals surface area (Å²) in [6, 6.07) is 0. The number of rotatable bonds is 4. The molecule has 0 unspecified atom stereocenters. The van der Waals surface area contributed by atoms with Crippen LogP contribution in [0.15, 0.2) is 6.20 Å². The number of hydrogen-bond donors (Lipinski definition) is 1. The summed E-state index contributed by atoms with van der Waals surface area (Å²) >= 11 is 0. The van der Waals surface area contributed by atoms with E-state index < -0.39 is 5.97 Å². The van der Waals surface area contributed by atoms with E-state index in [1.54, 1.807) is 17.8 Å². The second kappa shape index (κ2) is 5.29. The first-order valence-corrected chi connectivity index (χ1v) is 5.74. The molecule has 1 aromatic heterocycles. The number of morpholine rings is 1. The molecular weight excluding hydrogens is 222 g/mol. The van der Waals surface area contributed by atoms with E-state index in [0.717, 1.165) is 32.8 Å². The summed E-state index contributed by atoms with van der Waals surface area (Å²) in [4.78, 5) is 13.2. The molecule has 1 aliphatic heterocycles. The summed E-state index contributed by atoms with van der Waals surface area (Å²) < 4.78 is 6.97. The van der Waals surface area contributed by atoms with E-state index in [-0.39, 0.29) is 5.56 Å². The molecule has 0 spiro atoms. The highest BCUT2D eigenvalue weighted by Gasteiger charge is 2.13. The molecule has 1 fully saturated rings. The van der Waals surface area contributed by atoms with Crippen molar-refractivity contribution in [1.29, 1.82) is 0 Å². The van der Waals surface area contributed by atoms with Crippen LogP contribution in [0.25, 0.3) is 0 Å². The molecule has 2 heterocycles. The normalized spacial score (nSPS) is 17.2. The number of nitrogens with zero attached hydrogens (tertiary/aromatic N) is 3. The van der Waals surface area contributed by atoms with Crippen LogP contribution in [0.4, 0.5) is 0 Å². The third-order valence-corrected chi connectivity index (χ3v) is 2.93. The van der Waals surface area contributed by atoms with Crippen molar-refractivity contribution in [2.24, 2.45) is 0 Å². The van der Waals surface area contributed by atoms with Gasteiger partial charge in [0.1, 0.15) is 5.56 Å². The number of aromatic carboxylic acids is 1. The van der Waals surface area contributed by atoms with E-state index in [9.17, 15) is 4.79 Å². The molecule has 6 heteroatoms. The van der Waals surface area contributed by atoms with Crippen LogP contribution >= 0.6 is 0 Å².